The summed E-state index contributed by atoms with van der Waals surface area (Å²) >= 11 is 0. The lowest BCUT2D eigenvalue weighted by Gasteiger charge is -2.21. The maximum absolute atomic E-state index is 13.0. The first-order chi connectivity index (χ1) is 40.4. The number of esters is 4. The number of carbonyl (C=O) groups excluding carboxylic acids is 4. The first-order valence-corrected chi connectivity index (χ1v) is 37.0. The van der Waals surface area contributed by atoms with E-state index in [1.165, 1.54) is 116 Å². The molecule has 3 unspecified atom stereocenters. The Morgan fingerprint density at radius 1 is 0.345 bits per heavy atom. The smallest absolute Gasteiger partial charge is 0.462 e. The van der Waals surface area contributed by atoms with E-state index in [0.717, 1.165) is 127 Å². The minimum absolute atomic E-state index is 0.103. The van der Waals surface area contributed by atoms with Gasteiger partial charge in [-0.25, -0.2) is 9.13 Å². The molecule has 0 bridgehead atoms. The van der Waals surface area contributed by atoms with Crippen LogP contribution >= 0.6 is 15.6 Å². The Kier molecular flexibility index (Phi) is 56.2. The molecule has 0 spiro atoms. The van der Waals surface area contributed by atoms with E-state index in [1.807, 2.05) is 0 Å². The second-order valence-electron chi connectivity index (χ2n) is 24.2. The van der Waals surface area contributed by atoms with E-state index in [4.69, 9.17) is 37.0 Å². The monoisotopic (exact) mass is 1240 g/mol. The van der Waals surface area contributed by atoms with Crippen LogP contribution in [0.5, 0.6) is 0 Å². The number of rotatable bonds is 64. The Morgan fingerprint density at radius 2 is 0.607 bits per heavy atom. The number of carbonyl (C=O) groups is 4. The summed E-state index contributed by atoms with van der Waals surface area (Å²) in [5.74, 6) is -0.561. The van der Waals surface area contributed by atoms with E-state index in [0.29, 0.717) is 25.7 Å². The van der Waals surface area contributed by atoms with E-state index < -0.39 is 97.5 Å². The molecule has 3 N–H and O–H groups in total. The van der Waals surface area contributed by atoms with Crippen LogP contribution in [-0.4, -0.2) is 96.7 Å². The van der Waals surface area contributed by atoms with Crippen molar-refractivity contribution >= 4 is 39.5 Å². The van der Waals surface area contributed by atoms with Gasteiger partial charge >= 0.3 is 39.5 Å². The third kappa shape index (κ3) is 57.8. The van der Waals surface area contributed by atoms with Crippen molar-refractivity contribution < 1.29 is 80.2 Å². The van der Waals surface area contributed by atoms with E-state index in [1.54, 1.807) is 0 Å². The van der Waals surface area contributed by atoms with Crippen LogP contribution in [-0.2, 0) is 65.4 Å². The number of aliphatic hydroxyl groups excluding tert-OH is 1. The van der Waals surface area contributed by atoms with Gasteiger partial charge in [-0.2, -0.15) is 0 Å². The minimum atomic E-state index is -4.95. The first-order valence-electron chi connectivity index (χ1n) is 34.0. The Morgan fingerprint density at radius 3 is 0.905 bits per heavy atom. The molecule has 19 heteroatoms. The molecule has 0 saturated heterocycles. The number of unbranched alkanes of at least 4 members (excludes halogenated alkanes) is 33. The lowest BCUT2D eigenvalue weighted by atomic mass is 9.99. The molecule has 0 aliphatic rings. The predicted molar refractivity (Wildman–Crippen MR) is 335 cm³/mol. The lowest BCUT2D eigenvalue weighted by molar-refractivity contribution is -0.161. The number of phosphoric ester groups is 2. The molecule has 0 heterocycles. The molecule has 0 amide bonds. The van der Waals surface area contributed by atoms with Crippen molar-refractivity contribution in [3.05, 3.63) is 0 Å². The fourth-order valence-electron chi connectivity index (χ4n) is 9.68. The molecule has 0 fully saturated rings. The molecule has 6 atom stereocenters. The standard InChI is InChI=1S/C65H126O17P2/c1-7-10-12-14-27-35-41-47-62(67)75-53-60(81-64(69)49-43-37-28-15-13-11-8-2)55-79-83(71,72)77-51-59(66)52-78-84(73,74)80-56-61(54-76-63(68)48-42-36-31-26-25-30-34-40-46-58(6)9-3)82-65(70)50-44-38-32-24-22-20-18-16-17-19-21-23-29-33-39-45-57(4)5/h57-61,66H,7-56H2,1-6H3,(H,71,72)(H,73,74)/t58?,59-,60+,61+/m0/s1. The van der Waals surface area contributed by atoms with E-state index in [-0.39, 0.29) is 25.7 Å². The topological polar surface area (TPSA) is 237 Å². The molecule has 0 aromatic rings. The molecule has 0 saturated carbocycles. The first kappa shape index (κ1) is 82.1. The molecule has 17 nitrogen and oxygen atoms in total. The van der Waals surface area contributed by atoms with Crippen molar-refractivity contribution in [2.75, 3.05) is 39.6 Å². The predicted octanol–water partition coefficient (Wildman–Crippen LogP) is 18.0. The summed E-state index contributed by atoms with van der Waals surface area (Å²) in [4.78, 5) is 72.0. The van der Waals surface area contributed by atoms with Crippen LogP contribution in [0.15, 0.2) is 0 Å². The van der Waals surface area contributed by atoms with Crippen LogP contribution in [0.25, 0.3) is 0 Å². The fourth-order valence-corrected chi connectivity index (χ4v) is 11.3. The number of phosphoric acid groups is 2. The van der Waals surface area contributed by atoms with Gasteiger partial charge in [0.25, 0.3) is 0 Å². The number of hydrogen-bond acceptors (Lipinski definition) is 15. The molecule has 0 aromatic heterocycles. The zero-order valence-electron chi connectivity index (χ0n) is 54.2. The highest BCUT2D eigenvalue weighted by atomic mass is 31.2. The van der Waals surface area contributed by atoms with Crippen molar-refractivity contribution in [1.82, 2.24) is 0 Å². The van der Waals surface area contributed by atoms with E-state index >= 15 is 0 Å². The second-order valence-corrected chi connectivity index (χ2v) is 27.1. The largest absolute Gasteiger partial charge is 0.472 e. The molecule has 0 aromatic carbocycles. The van der Waals surface area contributed by atoms with Gasteiger partial charge in [-0.3, -0.25) is 37.3 Å². The molecular weight excluding hydrogens is 1110 g/mol. The zero-order valence-corrected chi connectivity index (χ0v) is 56.0. The average Bonchev–Trinajstić information content (AvgIpc) is 3.57. The fraction of sp³-hybridized carbons (Fsp3) is 0.938. The highest BCUT2D eigenvalue weighted by Gasteiger charge is 2.30. The zero-order chi connectivity index (χ0) is 62.2. The van der Waals surface area contributed by atoms with Crippen molar-refractivity contribution in [1.29, 1.82) is 0 Å². The van der Waals surface area contributed by atoms with Gasteiger partial charge in [-0.15, -0.1) is 0 Å². The van der Waals surface area contributed by atoms with Gasteiger partial charge in [-0.05, 0) is 37.5 Å². The van der Waals surface area contributed by atoms with Gasteiger partial charge in [0.05, 0.1) is 26.4 Å². The lowest BCUT2D eigenvalue weighted by Crippen LogP contribution is -2.30. The molecule has 84 heavy (non-hydrogen) atoms. The van der Waals surface area contributed by atoms with Gasteiger partial charge in [0.15, 0.2) is 12.2 Å². The molecule has 0 radical (unpaired) electrons. The van der Waals surface area contributed by atoms with Gasteiger partial charge in [-0.1, -0.05) is 273 Å². The summed E-state index contributed by atoms with van der Waals surface area (Å²) in [6.45, 7) is 9.45. The van der Waals surface area contributed by atoms with Crippen molar-refractivity contribution in [3.8, 4) is 0 Å². The summed E-state index contributed by atoms with van der Waals surface area (Å²) in [6, 6.07) is 0. The van der Waals surface area contributed by atoms with Crippen LogP contribution < -0.4 is 0 Å². The quantitative estimate of drug-likeness (QED) is 0.0222. The highest BCUT2D eigenvalue weighted by molar-refractivity contribution is 7.47. The summed E-state index contributed by atoms with van der Waals surface area (Å²) in [5.41, 5.74) is 0. The summed E-state index contributed by atoms with van der Waals surface area (Å²) in [6.07, 6.45) is 40.6. The van der Waals surface area contributed by atoms with Crippen LogP contribution in [0.3, 0.4) is 0 Å². The Hall–Kier alpha value is -1.94. The summed E-state index contributed by atoms with van der Waals surface area (Å²) in [5, 5.41) is 10.5. The van der Waals surface area contributed by atoms with E-state index in [2.05, 4.69) is 41.5 Å². The molecule has 0 aliphatic carbocycles. The number of ether oxygens (including phenoxy) is 4. The summed E-state index contributed by atoms with van der Waals surface area (Å²) in [7, 11) is -9.88. The maximum Gasteiger partial charge on any atom is 0.472 e. The second kappa shape index (κ2) is 57.5. The van der Waals surface area contributed by atoms with Crippen molar-refractivity contribution in [3.63, 3.8) is 0 Å². The number of hydrogen-bond donors (Lipinski definition) is 3. The van der Waals surface area contributed by atoms with Crippen LogP contribution in [0.2, 0.25) is 0 Å². The van der Waals surface area contributed by atoms with Crippen molar-refractivity contribution in [2.24, 2.45) is 11.8 Å². The van der Waals surface area contributed by atoms with Gasteiger partial charge in [0.1, 0.15) is 19.3 Å². The third-order valence-electron chi connectivity index (χ3n) is 15.3. The molecule has 0 rings (SSSR count). The normalized spacial score (nSPS) is 14.6. The van der Waals surface area contributed by atoms with E-state index in [9.17, 15) is 43.2 Å². The van der Waals surface area contributed by atoms with Crippen molar-refractivity contribution in [2.45, 2.75) is 342 Å². The highest BCUT2D eigenvalue weighted by Crippen LogP contribution is 2.45. The van der Waals surface area contributed by atoms with Crippen LogP contribution in [0.4, 0.5) is 0 Å². The summed E-state index contributed by atoms with van der Waals surface area (Å²) < 4.78 is 67.8. The SMILES string of the molecule is CCCCCCCCCC(=O)OC[C@H](COP(=O)(O)OC[C@H](O)COP(=O)(O)OC[C@@H](COC(=O)CCCCCCCCCCC(C)CC)OC(=O)CCCCCCCCCCCCCCCCCC(C)C)OC(=O)CCCCCCCCC. The molecule has 0 aliphatic heterocycles. The van der Waals surface area contributed by atoms with Gasteiger partial charge in [0.2, 0.25) is 0 Å². The average molecular weight is 1240 g/mol. The minimum Gasteiger partial charge on any atom is -0.462 e. The Balaban J connectivity index is 5.16. The van der Waals surface area contributed by atoms with Crippen LogP contribution in [0.1, 0.15) is 324 Å². The molecule has 498 valence electrons. The Labute approximate surface area is 511 Å². The Bertz CT molecular complexity index is 1650. The molecular formula is C65H126O17P2. The maximum atomic E-state index is 13.0. The van der Waals surface area contributed by atoms with Crippen LogP contribution in [0, 0.1) is 11.8 Å². The van der Waals surface area contributed by atoms with Gasteiger partial charge < -0.3 is 33.8 Å². The van der Waals surface area contributed by atoms with Gasteiger partial charge in [0, 0.05) is 25.7 Å². The number of aliphatic hydroxyl groups is 1. The third-order valence-corrected chi connectivity index (χ3v) is 17.2.